The summed E-state index contributed by atoms with van der Waals surface area (Å²) in [5, 5.41) is 0.979. The fourth-order valence-corrected chi connectivity index (χ4v) is 1.86. The van der Waals surface area contributed by atoms with Gasteiger partial charge in [0.1, 0.15) is 0 Å². The van der Waals surface area contributed by atoms with E-state index in [9.17, 15) is 4.79 Å². The van der Waals surface area contributed by atoms with Gasteiger partial charge >= 0.3 is 0 Å². The number of aromatic nitrogens is 1. The van der Waals surface area contributed by atoms with Crippen LogP contribution >= 0.6 is 0 Å². The zero-order valence-corrected chi connectivity index (χ0v) is 9.16. The van der Waals surface area contributed by atoms with E-state index in [0.29, 0.717) is 0 Å². The maximum absolute atomic E-state index is 11.5. The Bertz CT molecular complexity index is 598. The Labute approximate surface area is 93.6 Å². The van der Waals surface area contributed by atoms with Gasteiger partial charge in [-0.2, -0.15) is 0 Å². The maximum Gasteiger partial charge on any atom is 0.248 e. The number of rotatable bonds is 2. The predicted molar refractivity (Wildman–Crippen MR) is 66.4 cm³/mol. The van der Waals surface area contributed by atoms with E-state index in [2.05, 4.69) is 11.6 Å². The molecule has 0 bridgehead atoms. The average molecular weight is 214 g/mol. The van der Waals surface area contributed by atoms with Gasteiger partial charge in [-0.3, -0.25) is 4.79 Å². The number of aromatic amines is 1. The number of hydrogen-bond donors (Lipinski definition) is 2. The van der Waals surface area contributed by atoms with E-state index in [-0.39, 0.29) is 11.6 Å². The van der Waals surface area contributed by atoms with Crippen LogP contribution in [-0.2, 0) is 0 Å². The summed E-state index contributed by atoms with van der Waals surface area (Å²) in [6.07, 6.45) is 1.64. The van der Waals surface area contributed by atoms with Crippen LogP contribution in [0.4, 0.5) is 0 Å². The molecule has 0 saturated carbocycles. The second-order valence-corrected chi connectivity index (χ2v) is 3.85. The standard InChI is InChI=1S/C13H14N2O/c1-3-11(14)10-7-12(16)15-13-8(2)5-4-6-9(10)13/h3-7,11H,1,14H2,2H3,(H,15,16)/t11-/m0/s1. The number of para-hydroxylation sites is 1. The van der Waals surface area contributed by atoms with Gasteiger partial charge in [-0.25, -0.2) is 0 Å². The number of aryl methyl sites for hydroxylation is 1. The Balaban J connectivity index is 2.88. The molecule has 0 aliphatic carbocycles. The molecule has 0 fully saturated rings. The van der Waals surface area contributed by atoms with Gasteiger partial charge in [-0.05, 0) is 18.1 Å². The van der Waals surface area contributed by atoms with Gasteiger partial charge in [0.25, 0.3) is 0 Å². The SMILES string of the molecule is C=C[C@H](N)c1cc(=O)[nH]c2c(C)cccc12. The van der Waals surface area contributed by atoms with Crippen molar-refractivity contribution in [3.63, 3.8) is 0 Å². The minimum atomic E-state index is -0.313. The molecular weight excluding hydrogens is 200 g/mol. The monoisotopic (exact) mass is 214 g/mol. The molecular formula is C13H14N2O. The first-order valence-electron chi connectivity index (χ1n) is 5.14. The van der Waals surface area contributed by atoms with Crippen molar-refractivity contribution in [3.05, 3.63) is 58.4 Å². The maximum atomic E-state index is 11.5. The smallest absolute Gasteiger partial charge is 0.248 e. The molecule has 0 aliphatic rings. The lowest BCUT2D eigenvalue weighted by Gasteiger charge is -2.11. The lowest BCUT2D eigenvalue weighted by molar-refractivity contribution is 0.919. The fraction of sp³-hybridized carbons (Fsp3) is 0.154. The highest BCUT2D eigenvalue weighted by Gasteiger charge is 2.09. The summed E-state index contributed by atoms with van der Waals surface area (Å²) >= 11 is 0. The largest absolute Gasteiger partial charge is 0.322 e. The van der Waals surface area contributed by atoms with Crippen molar-refractivity contribution in [3.8, 4) is 0 Å². The van der Waals surface area contributed by atoms with Crippen molar-refractivity contribution >= 4 is 10.9 Å². The summed E-state index contributed by atoms with van der Waals surface area (Å²) in [6, 6.07) is 7.09. The Kier molecular flexibility index (Phi) is 2.62. The van der Waals surface area contributed by atoms with Crippen LogP contribution in [-0.4, -0.2) is 4.98 Å². The normalized spacial score (nSPS) is 12.6. The zero-order valence-electron chi connectivity index (χ0n) is 9.16. The predicted octanol–water partition coefficient (Wildman–Crippen LogP) is 2.02. The number of H-pyrrole nitrogens is 1. The highest BCUT2D eigenvalue weighted by Crippen LogP contribution is 2.22. The van der Waals surface area contributed by atoms with Crippen LogP contribution in [0.3, 0.4) is 0 Å². The number of nitrogens with one attached hydrogen (secondary N) is 1. The second kappa shape index (κ2) is 3.94. The molecule has 1 heterocycles. The van der Waals surface area contributed by atoms with Gasteiger partial charge in [0, 0.05) is 17.5 Å². The average Bonchev–Trinajstić information content (AvgIpc) is 2.28. The summed E-state index contributed by atoms with van der Waals surface area (Å²) in [4.78, 5) is 14.4. The van der Waals surface area contributed by atoms with E-state index in [4.69, 9.17) is 5.73 Å². The lowest BCUT2D eigenvalue weighted by atomic mass is 10.0. The molecule has 16 heavy (non-hydrogen) atoms. The van der Waals surface area contributed by atoms with E-state index in [0.717, 1.165) is 22.0 Å². The van der Waals surface area contributed by atoms with E-state index < -0.39 is 0 Å². The van der Waals surface area contributed by atoms with Crippen molar-refractivity contribution in [2.45, 2.75) is 13.0 Å². The minimum absolute atomic E-state index is 0.130. The minimum Gasteiger partial charge on any atom is -0.322 e. The quantitative estimate of drug-likeness (QED) is 0.751. The lowest BCUT2D eigenvalue weighted by Crippen LogP contribution is -2.14. The third kappa shape index (κ3) is 1.66. The van der Waals surface area contributed by atoms with E-state index in [1.165, 1.54) is 6.07 Å². The molecule has 2 aromatic rings. The van der Waals surface area contributed by atoms with Crippen LogP contribution in [0, 0.1) is 6.92 Å². The molecule has 2 rings (SSSR count). The molecule has 0 spiro atoms. The van der Waals surface area contributed by atoms with Gasteiger partial charge in [0.05, 0.1) is 5.52 Å². The van der Waals surface area contributed by atoms with Crippen molar-refractivity contribution in [1.29, 1.82) is 0 Å². The number of fused-ring (bicyclic) bond motifs is 1. The van der Waals surface area contributed by atoms with Crippen LogP contribution in [0.25, 0.3) is 10.9 Å². The van der Waals surface area contributed by atoms with Gasteiger partial charge in [-0.15, -0.1) is 6.58 Å². The zero-order chi connectivity index (χ0) is 11.7. The van der Waals surface area contributed by atoms with Crippen molar-refractivity contribution in [1.82, 2.24) is 4.98 Å². The third-order valence-corrected chi connectivity index (χ3v) is 2.73. The third-order valence-electron chi connectivity index (χ3n) is 2.73. The molecule has 0 unspecified atom stereocenters. The second-order valence-electron chi connectivity index (χ2n) is 3.85. The van der Waals surface area contributed by atoms with Crippen LogP contribution in [0.5, 0.6) is 0 Å². The van der Waals surface area contributed by atoms with Crippen LogP contribution in [0.2, 0.25) is 0 Å². The topological polar surface area (TPSA) is 58.9 Å². The molecule has 1 atom stereocenters. The Hall–Kier alpha value is -1.87. The summed E-state index contributed by atoms with van der Waals surface area (Å²) in [5.41, 5.74) is 8.48. The fourth-order valence-electron chi connectivity index (χ4n) is 1.86. The Morgan fingerprint density at radius 1 is 1.50 bits per heavy atom. The van der Waals surface area contributed by atoms with Crippen molar-refractivity contribution in [2.75, 3.05) is 0 Å². The number of benzene rings is 1. The van der Waals surface area contributed by atoms with Gasteiger partial charge in [0.15, 0.2) is 0 Å². The molecule has 0 aliphatic heterocycles. The summed E-state index contributed by atoms with van der Waals surface area (Å²) in [6.45, 7) is 5.62. The summed E-state index contributed by atoms with van der Waals surface area (Å²) in [7, 11) is 0. The molecule has 0 radical (unpaired) electrons. The summed E-state index contributed by atoms with van der Waals surface area (Å²) in [5.74, 6) is 0. The van der Waals surface area contributed by atoms with Crippen LogP contribution < -0.4 is 11.3 Å². The Morgan fingerprint density at radius 2 is 2.25 bits per heavy atom. The van der Waals surface area contributed by atoms with E-state index >= 15 is 0 Å². The molecule has 1 aromatic heterocycles. The highest BCUT2D eigenvalue weighted by molar-refractivity contribution is 5.85. The molecule has 3 nitrogen and oxygen atoms in total. The van der Waals surface area contributed by atoms with Crippen LogP contribution in [0.15, 0.2) is 41.7 Å². The van der Waals surface area contributed by atoms with Gasteiger partial charge in [0.2, 0.25) is 5.56 Å². The van der Waals surface area contributed by atoms with Crippen LogP contribution in [0.1, 0.15) is 17.2 Å². The molecule has 1 aromatic carbocycles. The number of nitrogens with two attached hydrogens (primary N) is 1. The molecule has 3 N–H and O–H groups in total. The first kappa shape index (κ1) is 10.6. The van der Waals surface area contributed by atoms with Gasteiger partial charge < -0.3 is 10.7 Å². The first-order valence-corrected chi connectivity index (χ1v) is 5.14. The van der Waals surface area contributed by atoms with Gasteiger partial charge in [-0.1, -0.05) is 24.3 Å². The van der Waals surface area contributed by atoms with E-state index in [1.54, 1.807) is 6.08 Å². The van der Waals surface area contributed by atoms with E-state index in [1.807, 2.05) is 25.1 Å². The molecule has 3 heteroatoms. The molecule has 82 valence electrons. The highest BCUT2D eigenvalue weighted by atomic mass is 16.1. The first-order chi connectivity index (χ1) is 7.63. The number of hydrogen-bond acceptors (Lipinski definition) is 2. The van der Waals surface area contributed by atoms with Crippen molar-refractivity contribution in [2.24, 2.45) is 5.73 Å². The Morgan fingerprint density at radius 3 is 2.94 bits per heavy atom. The molecule has 0 saturated heterocycles. The summed E-state index contributed by atoms with van der Waals surface area (Å²) < 4.78 is 0. The molecule has 0 amide bonds. The number of pyridine rings is 1. The van der Waals surface area contributed by atoms with Crippen molar-refractivity contribution < 1.29 is 0 Å².